The first-order chi connectivity index (χ1) is 16.0. The molecule has 0 atom stereocenters. The molecule has 0 aliphatic heterocycles. The third-order valence-electron chi connectivity index (χ3n) is 6.41. The molecule has 0 saturated heterocycles. The van der Waals surface area contributed by atoms with Crippen LogP contribution in [0.1, 0.15) is 43.9 Å². The Kier molecular flexibility index (Phi) is 5.72. The highest BCUT2D eigenvalue weighted by molar-refractivity contribution is 6.30. The van der Waals surface area contributed by atoms with E-state index in [1.165, 1.54) is 12.1 Å². The van der Waals surface area contributed by atoms with Gasteiger partial charge in [0.15, 0.2) is 6.61 Å². The highest BCUT2D eigenvalue weighted by atomic mass is 35.5. The van der Waals surface area contributed by atoms with Gasteiger partial charge in [0.05, 0.1) is 22.6 Å². The maximum absolute atomic E-state index is 13.5. The molecule has 1 amide bonds. The molecule has 4 aliphatic rings. The van der Waals surface area contributed by atoms with Crippen LogP contribution in [-0.2, 0) is 26.3 Å². The summed E-state index contributed by atoms with van der Waals surface area (Å²) in [5.41, 5.74) is -0.643. The van der Waals surface area contributed by atoms with E-state index in [9.17, 15) is 22.4 Å². The van der Waals surface area contributed by atoms with Crippen molar-refractivity contribution >= 4 is 17.5 Å². The maximum Gasteiger partial charge on any atom is 0.522 e. The number of amides is 1. The largest absolute Gasteiger partial charge is 0.522 e. The molecule has 13 heteroatoms. The summed E-state index contributed by atoms with van der Waals surface area (Å²) in [5.74, 6) is 0.0785. The number of nitrogens with zero attached hydrogens (tertiary/aromatic N) is 2. The first kappa shape index (κ1) is 23.3. The van der Waals surface area contributed by atoms with Crippen LogP contribution in [0.4, 0.5) is 17.6 Å². The smallest absolute Gasteiger partial charge is 0.484 e. The third kappa shape index (κ3) is 4.71. The van der Waals surface area contributed by atoms with E-state index in [0.717, 1.165) is 6.07 Å². The number of alkyl halides is 3. The third-order valence-corrected chi connectivity index (χ3v) is 6.72. The fraction of sp³-hybridized carbons (Fsp3) is 0.571. The quantitative estimate of drug-likeness (QED) is 0.518. The van der Waals surface area contributed by atoms with Crippen molar-refractivity contribution in [2.45, 2.75) is 68.2 Å². The average molecular weight is 506 g/mol. The number of halogens is 5. The first-order valence-electron chi connectivity index (χ1n) is 10.6. The van der Waals surface area contributed by atoms with Crippen molar-refractivity contribution in [2.75, 3.05) is 6.61 Å². The van der Waals surface area contributed by atoms with Crippen molar-refractivity contribution in [1.29, 1.82) is 0 Å². The van der Waals surface area contributed by atoms with E-state index in [1.807, 2.05) is 0 Å². The average Bonchev–Trinajstić information content (AvgIpc) is 3.14. The van der Waals surface area contributed by atoms with Crippen molar-refractivity contribution in [2.24, 2.45) is 0 Å². The van der Waals surface area contributed by atoms with Crippen LogP contribution in [0.5, 0.6) is 5.75 Å². The van der Waals surface area contributed by atoms with Crippen LogP contribution in [0.2, 0.25) is 5.02 Å². The van der Waals surface area contributed by atoms with Gasteiger partial charge in [-0.05, 0) is 31.4 Å². The molecule has 0 spiro atoms. The lowest BCUT2D eigenvalue weighted by Crippen LogP contribution is -2.77. The summed E-state index contributed by atoms with van der Waals surface area (Å²) >= 11 is 5.64. The predicted octanol–water partition coefficient (Wildman–Crippen LogP) is 3.82. The molecule has 2 aromatic rings. The number of rotatable bonds is 9. The van der Waals surface area contributed by atoms with Gasteiger partial charge in [0.2, 0.25) is 11.8 Å². The van der Waals surface area contributed by atoms with Gasteiger partial charge < -0.3 is 19.2 Å². The molecular formula is C21H20ClF4N3O5. The van der Waals surface area contributed by atoms with Crippen LogP contribution in [0.15, 0.2) is 22.6 Å². The zero-order valence-electron chi connectivity index (χ0n) is 17.7. The Morgan fingerprint density at radius 2 is 1.94 bits per heavy atom. The number of carbonyl (C=O) groups excluding carboxylic acids is 1. The Hall–Kier alpha value is -2.44. The highest BCUT2D eigenvalue weighted by Crippen LogP contribution is 2.67. The Bertz CT molecular complexity index is 1070. The lowest BCUT2D eigenvalue weighted by molar-refractivity contribution is -0.357. The minimum Gasteiger partial charge on any atom is -0.484 e. The molecule has 0 unspecified atom stereocenters. The lowest BCUT2D eigenvalue weighted by Gasteiger charge is -2.68. The fourth-order valence-electron chi connectivity index (χ4n) is 4.85. The molecule has 4 saturated carbocycles. The number of nitrogens with one attached hydrogen (secondary N) is 1. The fourth-order valence-corrected chi connectivity index (χ4v) is 4.97. The lowest BCUT2D eigenvalue weighted by atomic mass is 9.39. The van der Waals surface area contributed by atoms with Gasteiger partial charge in [-0.2, -0.15) is 0 Å². The SMILES string of the molecule is O=C(COC1CC(OC(F)(F)F)C1)NC12CC(c3nnc(COc4ccc(Cl)c(F)c4)o3)(C1)C2. The molecule has 8 nitrogen and oxygen atoms in total. The van der Waals surface area contributed by atoms with Crippen LogP contribution >= 0.6 is 11.6 Å². The van der Waals surface area contributed by atoms with E-state index in [4.69, 9.17) is 25.5 Å². The summed E-state index contributed by atoms with van der Waals surface area (Å²) in [4.78, 5) is 12.2. The highest BCUT2D eigenvalue weighted by Gasteiger charge is 2.71. The molecule has 4 fully saturated rings. The van der Waals surface area contributed by atoms with Gasteiger partial charge in [0.1, 0.15) is 18.2 Å². The topological polar surface area (TPSA) is 95.7 Å². The van der Waals surface area contributed by atoms with E-state index in [2.05, 4.69) is 20.3 Å². The van der Waals surface area contributed by atoms with Gasteiger partial charge in [-0.1, -0.05) is 11.6 Å². The summed E-state index contributed by atoms with van der Waals surface area (Å²) in [6, 6.07) is 4.08. The monoisotopic (exact) mass is 505 g/mol. The minimum atomic E-state index is -4.66. The van der Waals surface area contributed by atoms with Crippen molar-refractivity contribution in [3.8, 4) is 5.75 Å². The minimum absolute atomic E-state index is 0.00385. The van der Waals surface area contributed by atoms with E-state index in [0.29, 0.717) is 25.2 Å². The van der Waals surface area contributed by atoms with Gasteiger partial charge in [0.25, 0.3) is 5.89 Å². The number of ether oxygens (including phenoxy) is 3. The second kappa shape index (κ2) is 8.35. The van der Waals surface area contributed by atoms with Crippen molar-refractivity contribution < 1.29 is 41.0 Å². The van der Waals surface area contributed by atoms with Crippen LogP contribution in [0.3, 0.4) is 0 Å². The number of hydrogen-bond acceptors (Lipinski definition) is 7. The summed E-state index contributed by atoms with van der Waals surface area (Å²) in [5, 5.41) is 11.0. The Morgan fingerprint density at radius 3 is 2.62 bits per heavy atom. The molecule has 1 N–H and O–H groups in total. The molecule has 1 heterocycles. The van der Waals surface area contributed by atoms with Gasteiger partial charge in [-0.3, -0.25) is 9.53 Å². The summed E-state index contributed by atoms with van der Waals surface area (Å²) < 4.78 is 70.3. The van der Waals surface area contributed by atoms with Crippen LogP contribution in [0.25, 0.3) is 0 Å². The van der Waals surface area contributed by atoms with Crippen molar-refractivity contribution in [3.63, 3.8) is 0 Å². The molecular weight excluding hydrogens is 486 g/mol. The van der Waals surface area contributed by atoms with Crippen molar-refractivity contribution in [3.05, 3.63) is 40.8 Å². The molecule has 0 radical (unpaired) electrons. The van der Waals surface area contributed by atoms with Crippen molar-refractivity contribution in [1.82, 2.24) is 15.5 Å². The molecule has 2 bridgehead atoms. The molecule has 6 rings (SSSR count). The Labute approximate surface area is 195 Å². The van der Waals surface area contributed by atoms with Crippen LogP contribution in [-0.4, -0.2) is 46.8 Å². The molecule has 1 aromatic heterocycles. The van der Waals surface area contributed by atoms with E-state index < -0.39 is 24.4 Å². The first-order valence-corrected chi connectivity index (χ1v) is 11.0. The van der Waals surface area contributed by atoms with Gasteiger partial charge in [-0.25, -0.2) is 4.39 Å². The predicted molar refractivity (Wildman–Crippen MR) is 106 cm³/mol. The second-order valence-corrected chi connectivity index (χ2v) is 9.50. The van der Waals surface area contributed by atoms with Crippen LogP contribution < -0.4 is 10.1 Å². The van der Waals surface area contributed by atoms with E-state index in [1.54, 1.807) is 0 Å². The number of aromatic nitrogens is 2. The molecule has 184 valence electrons. The second-order valence-electron chi connectivity index (χ2n) is 9.09. The molecule has 1 aromatic carbocycles. The normalized spacial score (nSPS) is 29.6. The van der Waals surface area contributed by atoms with Gasteiger partial charge >= 0.3 is 6.36 Å². The summed E-state index contributed by atoms with van der Waals surface area (Å²) in [6.45, 7) is -0.245. The van der Waals surface area contributed by atoms with Crippen LogP contribution in [0, 0.1) is 5.82 Å². The molecule has 4 aliphatic carbocycles. The summed E-state index contributed by atoms with van der Waals surface area (Å²) in [6.07, 6.45) is -3.85. The number of hydrogen-bond donors (Lipinski definition) is 1. The zero-order chi connectivity index (χ0) is 24.1. The van der Waals surface area contributed by atoms with E-state index in [-0.39, 0.29) is 59.6 Å². The van der Waals surface area contributed by atoms with Gasteiger partial charge in [0, 0.05) is 24.4 Å². The maximum atomic E-state index is 13.5. The number of benzene rings is 1. The zero-order valence-corrected chi connectivity index (χ0v) is 18.4. The Balaban J connectivity index is 1.03. The molecule has 34 heavy (non-hydrogen) atoms. The summed E-state index contributed by atoms with van der Waals surface area (Å²) in [7, 11) is 0. The van der Waals surface area contributed by atoms with Gasteiger partial charge in [-0.15, -0.1) is 23.4 Å². The number of carbonyl (C=O) groups is 1. The Morgan fingerprint density at radius 1 is 1.21 bits per heavy atom. The van der Waals surface area contributed by atoms with E-state index >= 15 is 0 Å². The standard InChI is InChI=1S/C21H20ClF4N3O5/c22-14-2-1-11(5-15(14)23)32-7-17-28-29-18(33-17)19-8-20(9-19,10-19)27-16(30)6-31-12-3-13(4-12)34-21(24,25)26/h1-2,5,12-13H,3-4,6-10H2,(H,27,30).